The number of benzene rings is 1. The summed E-state index contributed by atoms with van der Waals surface area (Å²) in [6, 6.07) is 5.50. The molecule has 1 aromatic rings. The smallest absolute Gasteiger partial charge is 0.234 e. The fourth-order valence-electron chi connectivity index (χ4n) is 1.58. The number of hydrogen-bond donors (Lipinski definition) is 2. The van der Waals surface area contributed by atoms with Crippen LogP contribution < -0.4 is 15.6 Å². The maximum Gasteiger partial charge on any atom is 0.234 e. The number of nitrogens with one attached hydrogen (secondary N) is 2. The third-order valence-corrected chi connectivity index (χ3v) is 2.59. The molecule has 0 saturated heterocycles. The quantitative estimate of drug-likeness (QED) is 0.765. The SMILES string of the molecule is CNNC(=O)CCCc1cc(Cl)ccc1OC. The van der Waals surface area contributed by atoms with E-state index in [0.29, 0.717) is 11.4 Å². The standard InChI is InChI=1S/C12H17ClN2O2/c1-14-15-12(16)5-3-4-9-8-10(13)6-7-11(9)17-2/h6-8,14H,3-5H2,1-2H3,(H,15,16). The van der Waals surface area contributed by atoms with E-state index in [9.17, 15) is 4.79 Å². The Morgan fingerprint density at radius 3 is 2.88 bits per heavy atom. The van der Waals surface area contributed by atoms with Crippen molar-refractivity contribution >= 4 is 17.5 Å². The second-order valence-corrected chi connectivity index (χ2v) is 4.04. The Labute approximate surface area is 106 Å². The summed E-state index contributed by atoms with van der Waals surface area (Å²) < 4.78 is 5.23. The zero-order chi connectivity index (χ0) is 12.7. The van der Waals surface area contributed by atoms with Crippen molar-refractivity contribution in [1.82, 2.24) is 10.9 Å². The first-order chi connectivity index (χ1) is 8.17. The minimum absolute atomic E-state index is 0.0199. The normalized spacial score (nSPS) is 10.1. The van der Waals surface area contributed by atoms with Crippen molar-refractivity contribution in [2.24, 2.45) is 0 Å². The highest BCUT2D eigenvalue weighted by Gasteiger charge is 2.05. The van der Waals surface area contributed by atoms with Crippen LogP contribution in [0.3, 0.4) is 0 Å². The number of carbonyl (C=O) groups excluding carboxylic acids is 1. The first kappa shape index (κ1) is 13.8. The van der Waals surface area contributed by atoms with Gasteiger partial charge in [0.1, 0.15) is 5.75 Å². The van der Waals surface area contributed by atoms with Crippen LogP contribution in [0.1, 0.15) is 18.4 Å². The van der Waals surface area contributed by atoms with E-state index in [-0.39, 0.29) is 5.91 Å². The number of hydrogen-bond acceptors (Lipinski definition) is 3. The molecule has 1 rings (SSSR count). The van der Waals surface area contributed by atoms with Crippen molar-refractivity contribution in [2.45, 2.75) is 19.3 Å². The van der Waals surface area contributed by atoms with Gasteiger partial charge < -0.3 is 4.74 Å². The van der Waals surface area contributed by atoms with Crippen LogP contribution in [0.2, 0.25) is 5.02 Å². The third-order valence-electron chi connectivity index (χ3n) is 2.36. The molecule has 2 N–H and O–H groups in total. The van der Waals surface area contributed by atoms with Crippen LogP contribution in [0, 0.1) is 0 Å². The van der Waals surface area contributed by atoms with E-state index < -0.39 is 0 Å². The van der Waals surface area contributed by atoms with E-state index in [4.69, 9.17) is 16.3 Å². The average molecular weight is 257 g/mol. The topological polar surface area (TPSA) is 50.4 Å². The number of halogens is 1. The molecule has 0 aliphatic heterocycles. The van der Waals surface area contributed by atoms with Gasteiger partial charge in [-0.1, -0.05) is 11.6 Å². The van der Waals surface area contributed by atoms with Crippen molar-refractivity contribution in [3.63, 3.8) is 0 Å². The summed E-state index contributed by atoms with van der Waals surface area (Å²) in [6.07, 6.45) is 1.99. The molecule has 0 saturated carbocycles. The second kappa shape index (κ2) is 7.14. The molecule has 1 amide bonds. The Hall–Kier alpha value is -1.26. The number of methoxy groups -OCH3 is 1. The van der Waals surface area contributed by atoms with Gasteiger partial charge >= 0.3 is 0 Å². The lowest BCUT2D eigenvalue weighted by molar-refractivity contribution is -0.122. The lowest BCUT2D eigenvalue weighted by Gasteiger charge is -2.08. The lowest BCUT2D eigenvalue weighted by atomic mass is 10.1. The molecule has 0 bridgehead atoms. The van der Waals surface area contributed by atoms with Gasteiger partial charge in [-0.15, -0.1) is 0 Å². The number of rotatable bonds is 6. The minimum Gasteiger partial charge on any atom is -0.496 e. The molecule has 0 fully saturated rings. The van der Waals surface area contributed by atoms with Crippen molar-refractivity contribution in [2.75, 3.05) is 14.2 Å². The molecular formula is C12H17ClN2O2. The highest BCUT2D eigenvalue weighted by molar-refractivity contribution is 6.30. The van der Waals surface area contributed by atoms with Crippen LogP contribution >= 0.6 is 11.6 Å². The van der Waals surface area contributed by atoms with Crippen LogP contribution in [0.25, 0.3) is 0 Å². The van der Waals surface area contributed by atoms with Gasteiger partial charge in [0.15, 0.2) is 0 Å². The van der Waals surface area contributed by atoms with E-state index in [1.54, 1.807) is 20.2 Å². The zero-order valence-corrected chi connectivity index (χ0v) is 10.8. The van der Waals surface area contributed by atoms with Crippen molar-refractivity contribution in [3.8, 4) is 5.75 Å². The first-order valence-corrected chi connectivity index (χ1v) is 5.83. The summed E-state index contributed by atoms with van der Waals surface area (Å²) >= 11 is 5.92. The molecule has 5 heteroatoms. The largest absolute Gasteiger partial charge is 0.496 e. The first-order valence-electron chi connectivity index (χ1n) is 5.45. The van der Waals surface area contributed by atoms with Crippen molar-refractivity contribution < 1.29 is 9.53 Å². The molecule has 4 nitrogen and oxygen atoms in total. The Morgan fingerprint density at radius 1 is 1.47 bits per heavy atom. The van der Waals surface area contributed by atoms with E-state index in [2.05, 4.69) is 10.9 Å². The Balaban J connectivity index is 2.50. The fourth-order valence-corrected chi connectivity index (χ4v) is 1.78. The molecule has 0 spiro atoms. The van der Waals surface area contributed by atoms with E-state index >= 15 is 0 Å². The molecule has 0 atom stereocenters. The molecule has 94 valence electrons. The van der Waals surface area contributed by atoms with E-state index in [1.807, 2.05) is 12.1 Å². The molecule has 0 heterocycles. The van der Waals surface area contributed by atoms with E-state index in [0.717, 1.165) is 24.2 Å². The summed E-state index contributed by atoms with van der Waals surface area (Å²) in [5, 5.41) is 0.681. The summed E-state index contributed by atoms with van der Waals surface area (Å²) in [7, 11) is 3.29. The summed E-state index contributed by atoms with van der Waals surface area (Å²) in [4.78, 5) is 11.2. The predicted molar refractivity (Wildman–Crippen MR) is 68.1 cm³/mol. The number of ether oxygens (including phenoxy) is 1. The molecule has 17 heavy (non-hydrogen) atoms. The van der Waals surface area contributed by atoms with Crippen molar-refractivity contribution in [1.29, 1.82) is 0 Å². The molecule has 0 radical (unpaired) electrons. The molecule has 0 aliphatic rings. The number of amides is 1. The fraction of sp³-hybridized carbons (Fsp3) is 0.417. The number of carbonyl (C=O) groups is 1. The van der Waals surface area contributed by atoms with Crippen LogP contribution in [-0.2, 0) is 11.2 Å². The predicted octanol–water partition coefficient (Wildman–Crippen LogP) is 1.92. The van der Waals surface area contributed by atoms with Crippen LogP contribution in [0.4, 0.5) is 0 Å². The molecular weight excluding hydrogens is 240 g/mol. The van der Waals surface area contributed by atoms with Crippen molar-refractivity contribution in [3.05, 3.63) is 28.8 Å². The maximum atomic E-state index is 11.2. The van der Waals surface area contributed by atoms with Gasteiger partial charge in [-0.2, -0.15) is 0 Å². The highest BCUT2D eigenvalue weighted by atomic mass is 35.5. The maximum absolute atomic E-state index is 11.2. The number of aryl methyl sites for hydroxylation is 1. The average Bonchev–Trinajstić information content (AvgIpc) is 2.30. The molecule has 0 aromatic heterocycles. The zero-order valence-electron chi connectivity index (χ0n) is 10.0. The van der Waals surface area contributed by atoms with Gasteiger partial charge in [0.05, 0.1) is 7.11 Å². The lowest BCUT2D eigenvalue weighted by Crippen LogP contribution is -2.33. The second-order valence-electron chi connectivity index (χ2n) is 3.61. The highest BCUT2D eigenvalue weighted by Crippen LogP contribution is 2.24. The van der Waals surface area contributed by atoms with Gasteiger partial charge in [-0.05, 0) is 36.6 Å². The van der Waals surface area contributed by atoms with Crippen LogP contribution in [0.5, 0.6) is 5.75 Å². The molecule has 0 unspecified atom stereocenters. The van der Waals surface area contributed by atoms with Gasteiger partial charge in [0, 0.05) is 18.5 Å². The summed E-state index contributed by atoms with van der Waals surface area (Å²) in [5.74, 6) is 0.789. The molecule has 1 aromatic carbocycles. The molecule has 0 aliphatic carbocycles. The minimum atomic E-state index is -0.0199. The Kier molecular flexibility index (Phi) is 5.80. The van der Waals surface area contributed by atoms with Crippen LogP contribution in [-0.4, -0.2) is 20.1 Å². The third kappa shape index (κ3) is 4.63. The van der Waals surface area contributed by atoms with Crippen LogP contribution in [0.15, 0.2) is 18.2 Å². The van der Waals surface area contributed by atoms with Gasteiger partial charge in [0.25, 0.3) is 0 Å². The van der Waals surface area contributed by atoms with E-state index in [1.165, 1.54) is 0 Å². The summed E-state index contributed by atoms with van der Waals surface area (Å²) in [5.41, 5.74) is 6.15. The Bertz CT molecular complexity index is 383. The van der Waals surface area contributed by atoms with Gasteiger partial charge in [-0.3, -0.25) is 10.2 Å². The van der Waals surface area contributed by atoms with Gasteiger partial charge in [-0.25, -0.2) is 5.43 Å². The number of hydrazine groups is 1. The summed E-state index contributed by atoms with van der Waals surface area (Å²) in [6.45, 7) is 0. The van der Waals surface area contributed by atoms with Gasteiger partial charge in [0.2, 0.25) is 5.91 Å². The Morgan fingerprint density at radius 2 is 2.24 bits per heavy atom. The monoisotopic (exact) mass is 256 g/mol.